The van der Waals surface area contributed by atoms with Crippen LogP contribution >= 0.6 is 23.7 Å². The number of benzene rings is 1. The minimum absolute atomic E-state index is 0. The molecule has 0 saturated carbocycles. The highest BCUT2D eigenvalue weighted by Crippen LogP contribution is 2.36. The normalized spacial score (nSPS) is 11.0. The summed E-state index contributed by atoms with van der Waals surface area (Å²) in [6.45, 7) is 3.96. The zero-order chi connectivity index (χ0) is 17.7. The second kappa shape index (κ2) is 6.72. The van der Waals surface area contributed by atoms with E-state index in [1.54, 1.807) is 11.3 Å². The fourth-order valence-electron chi connectivity index (χ4n) is 3.08. The molecule has 0 aliphatic rings. The molecule has 0 amide bonds. The molecule has 0 fully saturated rings. The molecule has 0 atom stereocenters. The smallest absolute Gasteiger partial charge is 0.185 e. The fourth-order valence-corrected chi connectivity index (χ4v) is 4.06. The first kappa shape index (κ1) is 17.6. The molecule has 0 radical (unpaired) electrons. The molecule has 1 aromatic carbocycles. The average molecular weight is 394 g/mol. The van der Waals surface area contributed by atoms with E-state index in [0.29, 0.717) is 0 Å². The molecular formula is C20H16ClN5S. The molecule has 0 bridgehead atoms. The number of fused-ring (bicyclic) bond motifs is 3. The third kappa shape index (κ3) is 2.87. The monoisotopic (exact) mass is 393 g/mol. The summed E-state index contributed by atoms with van der Waals surface area (Å²) < 4.78 is 1.82. The lowest BCUT2D eigenvalue weighted by Crippen LogP contribution is -1.98. The zero-order valence-corrected chi connectivity index (χ0v) is 16.4. The Labute approximate surface area is 166 Å². The molecule has 134 valence electrons. The van der Waals surface area contributed by atoms with E-state index in [9.17, 15) is 0 Å². The minimum Gasteiger partial charge on any atom is -0.255 e. The van der Waals surface area contributed by atoms with Crippen LogP contribution < -0.4 is 0 Å². The van der Waals surface area contributed by atoms with Crippen molar-refractivity contribution in [3.63, 3.8) is 0 Å². The van der Waals surface area contributed by atoms with Crippen LogP contribution in [0.15, 0.2) is 54.7 Å². The Bertz CT molecular complexity index is 1260. The van der Waals surface area contributed by atoms with Gasteiger partial charge in [-0.15, -0.1) is 33.9 Å². The van der Waals surface area contributed by atoms with Gasteiger partial charge in [-0.1, -0.05) is 30.3 Å². The van der Waals surface area contributed by atoms with Gasteiger partial charge in [0.1, 0.15) is 5.69 Å². The van der Waals surface area contributed by atoms with Gasteiger partial charge in [0.25, 0.3) is 0 Å². The zero-order valence-electron chi connectivity index (χ0n) is 14.7. The fraction of sp³-hybridized carbons (Fsp3) is 0.100. The second-order valence-electron chi connectivity index (χ2n) is 6.26. The number of nitrogens with zero attached hydrogens (tertiary/aromatic N) is 5. The Morgan fingerprint density at radius 2 is 1.63 bits per heavy atom. The van der Waals surface area contributed by atoms with Gasteiger partial charge in [0.15, 0.2) is 11.5 Å². The van der Waals surface area contributed by atoms with Gasteiger partial charge in [-0.05, 0) is 37.6 Å². The van der Waals surface area contributed by atoms with Crippen molar-refractivity contribution in [3.8, 4) is 21.1 Å². The summed E-state index contributed by atoms with van der Waals surface area (Å²) in [4.78, 5) is 6.77. The van der Waals surface area contributed by atoms with E-state index in [2.05, 4.69) is 51.6 Å². The maximum atomic E-state index is 4.84. The molecular weight excluding hydrogens is 378 g/mol. The summed E-state index contributed by atoms with van der Waals surface area (Å²) in [5.41, 5.74) is 3.88. The Morgan fingerprint density at radius 3 is 2.41 bits per heavy atom. The molecule has 0 N–H and O–H groups in total. The first-order valence-electron chi connectivity index (χ1n) is 8.35. The molecule has 5 rings (SSSR count). The number of hydrogen-bond donors (Lipinski definition) is 0. The van der Waals surface area contributed by atoms with Crippen molar-refractivity contribution < 1.29 is 0 Å². The predicted molar refractivity (Wildman–Crippen MR) is 112 cm³/mol. The van der Waals surface area contributed by atoms with Crippen LogP contribution in [0, 0.1) is 13.8 Å². The number of halogens is 1. The van der Waals surface area contributed by atoms with Crippen molar-refractivity contribution >= 4 is 40.2 Å². The number of pyridine rings is 1. The molecule has 7 heteroatoms. The van der Waals surface area contributed by atoms with E-state index in [-0.39, 0.29) is 12.4 Å². The van der Waals surface area contributed by atoms with Crippen LogP contribution in [0.3, 0.4) is 0 Å². The van der Waals surface area contributed by atoms with Gasteiger partial charge in [-0.3, -0.25) is 4.98 Å². The Balaban J connectivity index is 0.00000180. The maximum Gasteiger partial charge on any atom is 0.185 e. The molecule has 0 spiro atoms. The van der Waals surface area contributed by atoms with Gasteiger partial charge in [0.2, 0.25) is 0 Å². The highest BCUT2D eigenvalue weighted by Gasteiger charge is 2.15. The second-order valence-corrected chi connectivity index (χ2v) is 7.35. The van der Waals surface area contributed by atoms with E-state index in [4.69, 9.17) is 5.10 Å². The first-order chi connectivity index (χ1) is 12.7. The molecule has 5 nitrogen and oxygen atoms in total. The predicted octanol–water partition coefficient (Wildman–Crippen LogP) is 5.11. The summed E-state index contributed by atoms with van der Waals surface area (Å²) >= 11 is 1.70. The number of thiophene rings is 1. The molecule has 4 aromatic heterocycles. The molecule has 0 aliphatic heterocycles. The Kier molecular flexibility index (Phi) is 4.37. The van der Waals surface area contributed by atoms with Crippen LogP contribution in [-0.4, -0.2) is 24.8 Å². The third-order valence-electron chi connectivity index (χ3n) is 4.42. The van der Waals surface area contributed by atoms with Crippen molar-refractivity contribution in [1.82, 2.24) is 24.8 Å². The van der Waals surface area contributed by atoms with Gasteiger partial charge >= 0.3 is 0 Å². The van der Waals surface area contributed by atoms with Crippen LogP contribution in [0.5, 0.6) is 0 Å². The number of hydrogen-bond acceptors (Lipinski definition) is 5. The Morgan fingerprint density at radius 1 is 0.852 bits per heavy atom. The summed E-state index contributed by atoms with van der Waals surface area (Å²) in [7, 11) is 0. The molecule has 5 aromatic rings. The van der Waals surface area contributed by atoms with E-state index in [0.717, 1.165) is 48.9 Å². The van der Waals surface area contributed by atoms with Gasteiger partial charge in [-0.25, -0.2) is 0 Å². The lowest BCUT2D eigenvalue weighted by atomic mass is 10.1. The van der Waals surface area contributed by atoms with E-state index in [1.807, 2.05) is 36.7 Å². The summed E-state index contributed by atoms with van der Waals surface area (Å²) in [6.07, 6.45) is 1.90. The van der Waals surface area contributed by atoms with Crippen LogP contribution in [0.25, 0.3) is 37.6 Å². The average Bonchev–Trinajstić information content (AvgIpc) is 3.29. The topological polar surface area (TPSA) is 56.0 Å². The number of aryl methyl sites for hydroxylation is 2. The first-order valence-corrected chi connectivity index (χ1v) is 9.16. The van der Waals surface area contributed by atoms with Crippen molar-refractivity contribution in [3.05, 3.63) is 66.1 Å². The summed E-state index contributed by atoms with van der Waals surface area (Å²) in [5.74, 6) is 0.781. The van der Waals surface area contributed by atoms with Crippen molar-refractivity contribution in [2.45, 2.75) is 13.8 Å². The maximum absolute atomic E-state index is 4.84. The lowest BCUT2D eigenvalue weighted by Gasteiger charge is -2.06. The number of rotatable bonds is 2. The molecule has 27 heavy (non-hydrogen) atoms. The van der Waals surface area contributed by atoms with Gasteiger partial charge in [0.05, 0.1) is 15.4 Å². The standard InChI is InChI=1S/C20H15N5S.ClH/c1-12-7-8-16(21-11-12)17-9-10-18(26-17)19-14-5-3-4-6-15(14)20-23-22-13(2)25(20)24-19;/h3-11H,1-2H3;1H. The van der Waals surface area contributed by atoms with Crippen molar-refractivity contribution in [2.75, 3.05) is 0 Å². The van der Waals surface area contributed by atoms with Crippen LogP contribution in [0.4, 0.5) is 0 Å². The Hall–Kier alpha value is -2.83. The molecule has 4 heterocycles. The molecule has 0 unspecified atom stereocenters. The molecule has 0 saturated heterocycles. The van der Waals surface area contributed by atoms with Gasteiger partial charge < -0.3 is 0 Å². The van der Waals surface area contributed by atoms with Gasteiger partial charge in [-0.2, -0.15) is 9.61 Å². The van der Waals surface area contributed by atoms with Crippen LogP contribution in [0.1, 0.15) is 11.4 Å². The number of aromatic nitrogens is 5. The highest BCUT2D eigenvalue weighted by atomic mass is 35.5. The summed E-state index contributed by atoms with van der Waals surface area (Å²) in [6, 6.07) is 16.6. The minimum atomic E-state index is 0. The van der Waals surface area contributed by atoms with E-state index in [1.165, 1.54) is 0 Å². The van der Waals surface area contributed by atoms with Crippen LogP contribution in [-0.2, 0) is 0 Å². The van der Waals surface area contributed by atoms with E-state index < -0.39 is 0 Å². The largest absolute Gasteiger partial charge is 0.255 e. The molecule has 0 aliphatic carbocycles. The summed E-state index contributed by atoms with van der Waals surface area (Å²) in [5, 5.41) is 15.4. The highest BCUT2D eigenvalue weighted by molar-refractivity contribution is 7.18. The van der Waals surface area contributed by atoms with Crippen molar-refractivity contribution in [1.29, 1.82) is 0 Å². The SMILES string of the molecule is Cc1ccc(-c2ccc(-c3nn4c(C)nnc4c4ccccc34)s2)nc1.Cl. The quantitative estimate of drug-likeness (QED) is 0.418. The van der Waals surface area contributed by atoms with Crippen molar-refractivity contribution in [2.24, 2.45) is 0 Å². The van der Waals surface area contributed by atoms with Gasteiger partial charge in [0, 0.05) is 17.0 Å². The van der Waals surface area contributed by atoms with Crippen LogP contribution in [0.2, 0.25) is 0 Å². The van der Waals surface area contributed by atoms with E-state index >= 15 is 0 Å². The lowest BCUT2D eigenvalue weighted by molar-refractivity contribution is 0.887. The third-order valence-corrected chi connectivity index (χ3v) is 5.54.